The van der Waals surface area contributed by atoms with Crippen molar-refractivity contribution < 1.29 is 22.7 Å². The summed E-state index contributed by atoms with van der Waals surface area (Å²) in [5.74, 6) is 0.947. The summed E-state index contributed by atoms with van der Waals surface area (Å²) in [6.07, 6.45) is 1.23. The Kier molecular flexibility index (Phi) is 4.45. The van der Waals surface area contributed by atoms with E-state index in [1.165, 1.54) is 17.3 Å². The van der Waals surface area contributed by atoms with Crippen LogP contribution in [0.15, 0.2) is 23.1 Å². The fraction of sp³-hybridized carbons (Fsp3) is 0.533. The van der Waals surface area contributed by atoms with E-state index in [9.17, 15) is 13.2 Å². The lowest BCUT2D eigenvalue weighted by Gasteiger charge is -2.31. The molecule has 0 bridgehead atoms. The lowest BCUT2D eigenvalue weighted by molar-refractivity contribution is -0.119. The predicted octanol–water partition coefficient (Wildman–Crippen LogP) is 0.747. The molecule has 7 nitrogen and oxygen atoms in total. The van der Waals surface area contributed by atoms with E-state index in [1.54, 1.807) is 12.1 Å². The van der Waals surface area contributed by atoms with E-state index < -0.39 is 10.0 Å². The molecule has 3 rings (SSSR count). The highest BCUT2D eigenvalue weighted by Gasteiger charge is 2.30. The van der Waals surface area contributed by atoms with Gasteiger partial charge in [-0.15, -0.1) is 0 Å². The molecule has 0 aromatic heterocycles. The smallest absolute Gasteiger partial charge is 0.243 e. The molecule has 0 unspecified atom stereocenters. The molecule has 0 radical (unpaired) electrons. The molecule has 2 aliphatic rings. The number of ether oxygens (including phenoxy) is 2. The lowest BCUT2D eigenvalue weighted by atomic mass is 10.1. The standard InChI is InChI=1S/C15H20N2O5S/c1-11(18)16-12-4-6-17(7-5-12)23(19,20)13-2-3-14-15(10-13)22-9-8-21-14/h2-3,10,12H,4-9H2,1H3,(H,16,18). The fourth-order valence-corrected chi connectivity index (χ4v) is 4.35. The van der Waals surface area contributed by atoms with E-state index in [0.717, 1.165) is 0 Å². The molecule has 1 saturated heterocycles. The Labute approximate surface area is 135 Å². The molecule has 0 spiro atoms. The van der Waals surface area contributed by atoms with E-state index >= 15 is 0 Å². The monoisotopic (exact) mass is 340 g/mol. The summed E-state index contributed by atoms with van der Waals surface area (Å²) >= 11 is 0. The molecule has 1 amide bonds. The van der Waals surface area contributed by atoms with Gasteiger partial charge < -0.3 is 14.8 Å². The molecule has 8 heteroatoms. The minimum Gasteiger partial charge on any atom is -0.486 e. The maximum absolute atomic E-state index is 12.7. The summed E-state index contributed by atoms with van der Waals surface area (Å²) in [7, 11) is -3.56. The summed E-state index contributed by atoms with van der Waals surface area (Å²) in [6.45, 7) is 3.14. The van der Waals surface area contributed by atoms with Crippen molar-refractivity contribution in [2.45, 2.75) is 30.7 Å². The molecule has 126 valence electrons. The molecule has 1 fully saturated rings. The minimum absolute atomic E-state index is 0.0409. The van der Waals surface area contributed by atoms with Crippen molar-refractivity contribution in [2.75, 3.05) is 26.3 Å². The summed E-state index contributed by atoms with van der Waals surface area (Å²) in [5, 5.41) is 2.84. The van der Waals surface area contributed by atoms with E-state index in [-0.39, 0.29) is 16.8 Å². The number of carbonyl (C=O) groups excluding carboxylic acids is 1. The van der Waals surface area contributed by atoms with Crippen molar-refractivity contribution in [3.63, 3.8) is 0 Å². The van der Waals surface area contributed by atoms with Crippen molar-refractivity contribution in [1.82, 2.24) is 9.62 Å². The first-order chi connectivity index (χ1) is 11.0. The van der Waals surface area contributed by atoms with Gasteiger partial charge in [-0.3, -0.25) is 4.79 Å². The second-order valence-electron chi connectivity index (χ2n) is 5.68. The number of rotatable bonds is 3. The van der Waals surface area contributed by atoms with Gasteiger partial charge in [-0.1, -0.05) is 0 Å². The second-order valence-corrected chi connectivity index (χ2v) is 7.62. The van der Waals surface area contributed by atoms with Crippen LogP contribution in [-0.2, 0) is 14.8 Å². The molecule has 2 aliphatic heterocycles. The van der Waals surface area contributed by atoms with Crippen LogP contribution < -0.4 is 14.8 Å². The van der Waals surface area contributed by atoms with Gasteiger partial charge in [0.2, 0.25) is 15.9 Å². The Balaban J connectivity index is 1.73. The normalized spacial score (nSPS) is 19.3. The van der Waals surface area contributed by atoms with Crippen molar-refractivity contribution in [1.29, 1.82) is 0 Å². The van der Waals surface area contributed by atoms with Crippen molar-refractivity contribution in [3.05, 3.63) is 18.2 Å². The van der Waals surface area contributed by atoms with Crippen molar-refractivity contribution in [2.24, 2.45) is 0 Å². The van der Waals surface area contributed by atoms with E-state index in [0.29, 0.717) is 50.6 Å². The van der Waals surface area contributed by atoms with Crippen molar-refractivity contribution in [3.8, 4) is 11.5 Å². The molecule has 2 heterocycles. The average Bonchev–Trinajstić information content (AvgIpc) is 2.54. The number of nitrogens with zero attached hydrogens (tertiary/aromatic N) is 1. The molecule has 1 aromatic carbocycles. The Morgan fingerprint density at radius 3 is 2.48 bits per heavy atom. The maximum atomic E-state index is 12.7. The van der Waals surface area contributed by atoms with Crippen LogP contribution in [-0.4, -0.2) is 51.0 Å². The van der Waals surface area contributed by atoms with Crippen LogP contribution in [0.1, 0.15) is 19.8 Å². The van der Waals surface area contributed by atoms with Gasteiger partial charge in [0.05, 0.1) is 4.90 Å². The zero-order valence-electron chi connectivity index (χ0n) is 12.9. The van der Waals surface area contributed by atoms with Gasteiger partial charge in [-0.25, -0.2) is 8.42 Å². The van der Waals surface area contributed by atoms with Gasteiger partial charge in [-0.2, -0.15) is 4.31 Å². The maximum Gasteiger partial charge on any atom is 0.243 e. The zero-order chi connectivity index (χ0) is 16.4. The van der Waals surface area contributed by atoms with Crippen LogP contribution in [0.2, 0.25) is 0 Å². The molecule has 0 aliphatic carbocycles. The zero-order valence-corrected chi connectivity index (χ0v) is 13.8. The Hall–Kier alpha value is -1.80. The topological polar surface area (TPSA) is 84.9 Å². The number of piperidine rings is 1. The number of amides is 1. The summed E-state index contributed by atoms with van der Waals surface area (Å²) < 4.78 is 37.8. The second kappa shape index (κ2) is 6.37. The van der Waals surface area contributed by atoms with Gasteiger partial charge in [0.25, 0.3) is 0 Å². The molecule has 1 N–H and O–H groups in total. The number of hydrogen-bond donors (Lipinski definition) is 1. The van der Waals surface area contributed by atoms with Crippen LogP contribution in [0.5, 0.6) is 11.5 Å². The molecule has 0 saturated carbocycles. The number of nitrogens with one attached hydrogen (secondary N) is 1. The summed E-state index contributed by atoms with van der Waals surface area (Å²) in [6, 6.07) is 4.73. The molecule has 0 atom stereocenters. The first-order valence-electron chi connectivity index (χ1n) is 7.64. The van der Waals surface area contributed by atoms with Crippen molar-refractivity contribution >= 4 is 15.9 Å². The third-order valence-electron chi connectivity index (χ3n) is 4.01. The Morgan fingerprint density at radius 2 is 1.83 bits per heavy atom. The van der Waals surface area contributed by atoms with Crippen LogP contribution in [0, 0.1) is 0 Å². The number of sulfonamides is 1. The molecular weight excluding hydrogens is 320 g/mol. The fourth-order valence-electron chi connectivity index (χ4n) is 2.86. The highest BCUT2D eigenvalue weighted by molar-refractivity contribution is 7.89. The third kappa shape index (κ3) is 3.42. The highest BCUT2D eigenvalue weighted by Crippen LogP contribution is 2.33. The summed E-state index contributed by atoms with van der Waals surface area (Å²) in [5.41, 5.74) is 0. The van der Waals surface area contributed by atoms with Crippen LogP contribution in [0.3, 0.4) is 0 Å². The lowest BCUT2D eigenvalue weighted by Crippen LogP contribution is -2.46. The third-order valence-corrected chi connectivity index (χ3v) is 5.91. The first kappa shape index (κ1) is 16.1. The van der Waals surface area contributed by atoms with E-state index in [1.807, 2.05) is 0 Å². The average molecular weight is 340 g/mol. The van der Waals surface area contributed by atoms with Crippen LogP contribution in [0.25, 0.3) is 0 Å². The number of carbonyl (C=O) groups is 1. The quantitative estimate of drug-likeness (QED) is 0.877. The molecule has 1 aromatic rings. The van der Waals surface area contributed by atoms with Gasteiger partial charge in [0.15, 0.2) is 11.5 Å². The van der Waals surface area contributed by atoms with Crippen LogP contribution in [0.4, 0.5) is 0 Å². The molecule has 23 heavy (non-hydrogen) atoms. The predicted molar refractivity (Wildman–Crippen MR) is 83.0 cm³/mol. The van der Waals surface area contributed by atoms with Crippen LogP contribution >= 0.6 is 0 Å². The summed E-state index contributed by atoms with van der Waals surface area (Å²) in [4.78, 5) is 11.3. The Morgan fingerprint density at radius 1 is 1.17 bits per heavy atom. The highest BCUT2D eigenvalue weighted by atomic mass is 32.2. The number of hydrogen-bond acceptors (Lipinski definition) is 5. The number of benzene rings is 1. The van der Waals surface area contributed by atoms with Gasteiger partial charge in [0, 0.05) is 32.1 Å². The first-order valence-corrected chi connectivity index (χ1v) is 9.08. The largest absolute Gasteiger partial charge is 0.486 e. The van der Waals surface area contributed by atoms with E-state index in [2.05, 4.69) is 5.32 Å². The molecular formula is C15H20N2O5S. The van der Waals surface area contributed by atoms with Gasteiger partial charge in [0.1, 0.15) is 13.2 Å². The van der Waals surface area contributed by atoms with E-state index in [4.69, 9.17) is 9.47 Å². The minimum atomic E-state index is -3.56. The van der Waals surface area contributed by atoms with Gasteiger partial charge >= 0.3 is 0 Å². The Bertz CT molecular complexity index is 696. The number of fused-ring (bicyclic) bond motifs is 1. The SMILES string of the molecule is CC(=O)NC1CCN(S(=O)(=O)c2ccc3c(c2)OCCO3)CC1. The van der Waals surface area contributed by atoms with Gasteiger partial charge in [-0.05, 0) is 25.0 Å².